The Balaban J connectivity index is 1.98. The molecule has 5 heteroatoms. The summed E-state index contributed by atoms with van der Waals surface area (Å²) in [5.74, 6) is -1.60. The molecule has 0 aliphatic heterocycles. The van der Waals surface area contributed by atoms with Crippen molar-refractivity contribution in [2.75, 3.05) is 6.61 Å². The molecule has 0 aliphatic carbocycles. The number of aromatic carboxylic acids is 1. The van der Waals surface area contributed by atoms with Gasteiger partial charge in [0, 0.05) is 24.9 Å². The minimum Gasteiger partial charge on any atom is -0.493 e. The molecule has 0 aliphatic rings. The number of carboxylic acids is 1. The van der Waals surface area contributed by atoms with Gasteiger partial charge in [0.25, 0.3) is 0 Å². The molecule has 0 saturated carbocycles. The van der Waals surface area contributed by atoms with E-state index in [9.17, 15) is 9.18 Å². The fraction of sp³-hybridized carbons (Fsp3) is 0.143. The number of halogens is 1. The maximum atomic E-state index is 13.2. The minimum atomic E-state index is -1.18. The van der Waals surface area contributed by atoms with E-state index >= 15 is 0 Å². The molecule has 1 heterocycles. The summed E-state index contributed by atoms with van der Waals surface area (Å²) in [6.45, 7) is 0.328. The molecular formula is C14H12FNO3. The van der Waals surface area contributed by atoms with Crippen LogP contribution < -0.4 is 4.74 Å². The molecule has 2 rings (SSSR count). The topological polar surface area (TPSA) is 59.4 Å². The number of pyridine rings is 1. The van der Waals surface area contributed by atoms with Gasteiger partial charge in [0.2, 0.25) is 0 Å². The Hall–Kier alpha value is -2.43. The van der Waals surface area contributed by atoms with E-state index in [4.69, 9.17) is 9.84 Å². The van der Waals surface area contributed by atoms with Crippen LogP contribution >= 0.6 is 0 Å². The molecule has 4 nitrogen and oxygen atoms in total. The van der Waals surface area contributed by atoms with Crippen LogP contribution in [-0.4, -0.2) is 22.7 Å². The van der Waals surface area contributed by atoms with Gasteiger partial charge in [-0.05, 0) is 23.8 Å². The van der Waals surface area contributed by atoms with Crippen LogP contribution in [0, 0.1) is 5.82 Å². The summed E-state index contributed by atoms with van der Waals surface area (Å²) in [5.41, 5.74) is 0.869. The maximum Gasteiger partial charge on any atom is 0.335 e. The fourth-order valence-electron chi connectivity index (χ4n) is 1.60. The lowest BCUT2D eigenvalue weighted by atomic mass is 10.2. The van der Waals surface area contributed by atoms with Gasteiger partial charge in [-0.1, -0.05) is 6.07 Å². The first kappa shape index (κ1) is 13.0. The van der Waals surface area contributed by atoms with E-state index in [0.717, 1.165) is 17.7 Å². The SMILES string of the molecule is O=C(O)c1cc(F)cc(OCCc2cccnc2)c1. The molecule has 1 aromatic heterocycles. The highest BCUT2D eigenvalue weighted by atomic mass is 19.1. The van der Waals surface area contributed by atoms with Crippen LogP contribution in [0.2, 0.25) is 0 Å². The van der Waals surface area contributed by atoms with Crippen molar-refractivity contribution in [3.05, 3.63) is 59.7 Å². The Morgan fingerprint density at radius 2 is 2.21 bits per heavy atom. The second-order valence-electron chi connectivity index (χ2n) is 3.94. The summed E-state index contributed by atoms with van der Waals surface area (Å²) in [6, 6.07) is 7.14. The highest BCUT2D eigenvalue weighted by Gasteiger charge is 2.07. The summed E-state index contributed by atoms with van der Waals surface area (Å²) >= 11 is 0. The summed E-state index contributed by atoms with van der Waals surface area (Å²) in [5, 5.41) is 8.81. The van der Waals surface area contributed by atoms with Crippen LogP contribution in [-0.2, 0) is 6.42 Å². The number of hydrogen-bond acceptors (Lipinski definition) is 3. The molecular weight excluding hydrogens is 249 g/mol. The fourth-order valence-corrected chi connectivity index (χ4v) is 1.60. The zero-order valence-electron chi connectivity index (χ0n) is 10.0. The lowest BCUT2D eigenvalue weighted by molar-refractivity contribution is 0.0695. The Bertz CT molecular complexity index is 572. The maximum absolute atomic E-state index is 13.2. The summed E-state index contributed by atoms with van der Waals surface area (Å²) in [7, 11) is 0. The molecule has 1 aromatic carbocycles. The van der Waals surface area contributed by atoms with Crippen LogP contribution in [0.4, 0.5) is 4.39 Å². The lowest BCUT2D eigenvalue weighted by Gasteiger charge is -2.07. The van der Waals surface area contributed by atoms with Crippen LogP contribution in [0.15, 0.2) is 42.7 Å². The second kappa shape index (κ2) is 5.95. The highest BCUT2D eigenvalue weighted by Crippen LogP contribution is 2.16. The predicted molar refractivity (Wildman–Crippen MR) is 66.8 cm³/mol. The van der Waals surface area contributed by atoms with Gasteiger partial charge in [-0.15, -0.1) is 0 Å². The number of ether oxygens (including phenoxy) is 1. The molecule has 98 valence electrons. The first-order valence-electron chi connectivity index (χ1n) is 5.71. The van der Waals surface area contributed by atoms with Crippen molar-refractivity contribution in [2.45, 2.75) is 6.42 Å². The molecule has 0 fully saturated rings. The minimum absolute atomic E-state index is 0.128. The molecule has 0 spiro atoms. The van der Waals surface area contributed by atoms with Gasteiger partial charge < -0.3 is 9.84 Å². The van der Waals surface area contributed by atoms with Gasteiger partial charge in [-0.3, -0.25) is 4.98 Å². The monoisotopic (exact) mass is 261 g/mol. The van der Waals surface area contributed by atoms with Crippen LogP contribution in [0.1, 0.15) is 15.9 Å². The van der Waals surface area contributed by atoms with Crippen molar-refractivity contribution < 1.29 is 19.0 Å². The third kappa shape index (κ3) is 3.77. The average Bonchev–Trinajstić information content (AvgIpc) is 2.39. The molecule has 0 bridgehead atoms. The summed E-state index contributed by atoms with van der Waals surface area (Å²) in [6.07, 6.45) is 4.01. The number of rotatable bonds is 5. The van der Waals surface area contributed by atoms with E-state index < -0.39 is 11.8 Å². The summed E-state index contributed by atoms with van der Waals surface area (Å²) in [4.78, 5) is 14.7. The van der Waals surface area contributed by atoms with E-state index in [-0.39, 0.29) is 11.3 Å². The van der Waals surface area contributed by atoms with Crippen molar-refractivity contribution in [1.82, 2.24) is 4.98 Å². The average molecular weight is 261 g/mol. The second-order valence-corrected chi connectivity index (χ2v) is 3.94. The molecule has 2 aromatic rings. The standard InChI is InChI=1S/C14H12FNO3/c15-12-6-11(14(17)18)7-13(8-12)19-5-3-10-2-1-4-16-9-10/h1-2,4,6-9H,3,5H2,(H,17,18). The van der Waals surface area contributed by atoms with Crippen molar-refractivity contribution in [3.8, 4) is 5.75 Å². The van der Waals surface area contributed by atoms with Gasteiger partial charge in [0.1, 0.15) is 11.6 Å². The number of nitrogens with zero attached hydrogens (tertiary/aromatic N) is 1. The summed E-state index contributed by atoms with van der Waals surface area (Å²) < 4.78 is 18.5. The number of carbonyl (C=O) groups is 1. The molecule has 0 unspecified atom stereocenters. The molecule has 0 amide bonds. The van der Waals surface area contributed by atoms with Crippen molar-refractivity contribution >= 4 is 5.97 Å². The Kier molecular flexibility index (Phi) is 4.07. The number of hydrogen-bond donors (Lipinski definition) is 1. The molecule has 0 saturated heterocycles. The molecule has 0 atom stereocenters. The van der Waals surface area contributed by atoms with Gasteiger partial charge in [-0.25, -0.2) is 9.18 Å². The van der Waals surface area contributed by atoms with E-state index in [1.165, 1.54) is 6.07 Å². The molecule has 0 radical (unpaired) electrons. The number of aromatic nitrogens is 1. The largest absolute Gasteiger partial charge is 0.493 e. The molecule has 19 heavy (non-hydrogen) atoms. The van der Waals surface area contributed by atoms with Gasteiger partial charge >= 0.3 is 5.97 Å². The van der Waals surface area contributed by atoms with Crippen LogP contribution in [0.25, 0.3) is 0 Å². The normalized spacial score (nSPS) is 10.2. The first-order chi connectivity index (χ1) is 9.15. The zero-order valence-corrected chi connectivity index (χ0v) is 10.0. The van der Waals surface area contributed by atoms with E-state index in [0.29, 0.717) is 13.0 Å². The lowest BCUT2D eigenvalue weighted by Crippen LogP contribution is -2.04. The smallest absolute Gasteiger partial charge is 0.335 e. The predicted octanol–water partition coefficient (Wildman–Crippen LogP) is 2.54. The van der Waals surface area contributed by atoms with E-state index in [1.807, 2.05) is 12.1 Å². The van der Waals surface area contributed by atoms with Crippen LogP contribution in [0.5, 0.6) is 5.75 Å². The third-order valence-electron chi connectivity index (χ3n) is 2.50. The quantitative estimate of drug-likeness (QED) is 0.898. The number of benzene rings is 1. The van der Waals surface area contributed by atoms with E-state index in [2.05, 4.69) is 4.98 Å². The zero-order chi connectivity index (χ0) is 13.7. The van der Waals surface area contributed by atoms with Crippen molar-refractivity contribution in [1.29, 1.82) is 0 Å². The highest BCUT2D eigenvalue weighted by molar-refractivity contribution is 5.88. The third-order valence-corrected chi connectivity index (χ3v) is 2.50. The Labute approximate surface area is 109 Å². The number of carboxylic acid groups (broad SMARTS) is 1. The van der Waals surface area contributed by atoms with E-state index in [1.54, 1.807) is 12.4 Å². The Morgan fingerprint density at radius 3 is 2.89 bits per heavy atom. The van der Waals surface area contributed by atoms with Crippen molar-refractivity contribution in [2.24, 2.45) is 0 Å². The van der Waals surface area contributed by atoms with Crippen molar-refractivity contribution in [3.63, 3.8) is 0 Å². The van der Waals surface area contributed by atoms with Crippen LogP contribution in [0.3, 0.4) is 0 Å². The van der Waals surface area contributed by atoms with Gasteiger partial charge in [-0.2, -0.15) is 0 Å². The first-order valence-corrected chi connectivity index (χ1v) is 5.71. The van der Waals surface area contributed by atoms with Gasteiger partial charge in [0.15, 0.2) is 0 Å². The Morgan fingerprint density at radius 1 is 1.37 bits per heavy atom. The van der Waals surface area contributed by atoms with Gasteiger partial charge in [0.05, 0.1) is 12.2 Å². The molecule has 1 N–H and O–H groups in total.